The van der Waals surface area contributed by atoms with Crippen LogP contribution in [0.25, 0.3) is 0 Å². The maximum absolute atomic E-state index is 12.0. The van der Waals surface area contributed by atoms with Gasteiger partial charge in [-0.3, -0.25) is 0 Å². The SMILES string of the molecule is C[C@H](NC(=O)N[C@]1(C)CCOC1)[C@@H](C)Oc1ccccc1. The van der Waals surface area contributed by atoms with Crippen LogP contribution in [0.2, 0.25) is 0 Å². The molecule has 0 unspecified atom stereocenters. The van der Waals surface area contributed by atoms with Crippen LogP contribution in [0.15, 0.2) is 30.3 Å². The molecule has 1 aromatic rings. The normalized spacial score (nSPS) is 24.1. The molecular weight excluding hydrogens is 268 g/mol. The summed E-state index contributed by atoms with van der Waals surface area (Å²) in [6.07, 6.45) is 0.719. The summed E-state index contributed by atoms with van der Waals surface area (Å²) in [5, 5.41) is 5.90. The molecule has 0 saturated carbocycles. The maximum atomic E-state index is 12.0. The molecule has 0 radical (unpaired) electrons. The molecule has 5 heteroatoms. The zero-order valence-corrected chi connectivity index (χ0v) is 12.9. The van der Waals surface area contributed by atoms with Crippen molar-refractivity contribution in [3.8, 4) is 5.75 Å². The summed E-state index contributed by atoms with van der Waals surface area (Å²) in [4.78, 5) is 12.0. The third-order valence-corrected chi connectivity index (χ3v) is 3.76. The average Bonchev–Trinajstić information content (AvgIpc) is 2.85. The second-order valence-electron chi connectivity index (χ2n) is 5.89. The molecule has 1 fully saturated rings. The smallest absolute Gasteiger partial charge is 0.315 e. The van der Waals surface area contributed by atoms with Crippen molar-refractivity contribution >= 4 is 6.03 Å². The molecule has 0 spiro atoms. The number of urea groups is 1. The fraction of sp³-hybridized carbons (Fsp3) is 0.562. The lowest BCUT2D eigenvalue weighted by Gasteiger charge is -2.27. The number of hydrogen-bond donors (Lipinski definition) is 2. The van der Waals surface area contributed by atoms with Crippen LogP contribution in [0, 0.1) is 0 Å². The topological polar surface area (TPSA) is 59.6 Å². The molecule has 0 aliphatic carbocycles. The Balaban J connectivity index is 1.80. The van der Waals surface area contributed by atoms with Gasteiger partial charge in [0.05, 0.1) is 18.2 Å². The maximum Gasteiger partial charge on any atom is 0.315 e. The Kier molecular flexibility index (Phi) is 5.07. The van der Waals surface area contributed by atoms with Crippen LogP contribution in [-0.2, 0) is 4.74 Å². The van der Waals surface area contributed by atoms with Crippen molar-refractivity contribution in [2.75, 3.05) is 13.2 Å². The summed E-state index contributed by atoms with van der Waals surface area (Å²) in [5.41, 5.74) is -0.271. The summed E-state index contributed by atoms with van der Waals surface area (Å²) in [6.45, 7) is 7.12. The predicted molar refractivity (Wildman–Crippen MR) is 81.5 cm³/mol. The Morgan fingerprint density at radius 1 is 1.33 bits per heavy atom. The number of carbonyl (C=O) groups excluding carboxylic acids is 1. The van der Waals surface area contributed by atoms with Crippen LogP contribution in [0.4, 0.5) is 4.79 Å². The zero-order chi connectivity index (χ0) is 15.3. The molecule has 116 valence electrons. The van der Waals surface area contributed by atoms with Gasteiger partial charge in [0.25, 0.3) is 0 Å². The Labute approximate surface area is 126 Å². The fourth-order valence-corrected chi connectivity index (χ4v) is 2.22. The monoisotopic (exact) mass is 292 g/mol. The Morgan fingerprint density at radius 2 is 2.05 bits per heavy atom. The van der Waals surface area contributed by atoms with E-state index in [0.29, 0.717) is 13.2 Å². The van der Waals surface area contributed by atoms with Crippen molar-refractivity contribution in [2.45, 2.75) is 44.9 Å². The van der Waals surface area contributed by atoms with Gasteiger partial charge in [-0.25, -0.2) is 4.79 Å². The molecule has 3 atom stereocenters. The molecule has 2 rings (SSSR count). The highest BCUT2D eigenvalue weighted by Crippen LogP contribution is 2.17. The standard InChI is InChI=1S/C16H24N2O3/c1-12(13(2)21-14-7-5-4-6-8-14)17-15(19)18-16(3)9-10-20-11-16/h4-8,12-13H,9-11H2,1-3H3,(H2,17,18,19)/t12-,13+,16+/m0/s1. The van der Waals surface area contributed by atoms with Crippen LogP contribution < -0.4 is 15.4 Å². The molecular formula is C16H24N2O3. The highest BCUT2D eigenvalue weighted by molar-refractivity contribution is 5.75. The quantitative estimate of drug-likeness (QED) is 0.875. The third-order valence-electron chi connectivity index (χ3n) is 3.76. The molecule has 2 N–H and O–H groups in total. The predicted octanol–water partition coefficient (Wildman–Crippen LogP) is 2.32. The lowest BCUT2D eigenvalue weighted by Crippen LogP contribution is -2.54. The molecule has 21 heavy (non-hydrogen) atoms. The minimum atomic E-state index is -0.271. The number of carbonyl (C=O) groups is 1. The minimum Gasteiger partial charge on any atom is -0.489 e. The van der Waals surface area contributed by atoms with E-state index in [9.17, 15) is 4.79 Å². The first-order chi connectivity index (χ1) is 9.98. The van der Waals surface area contributed by atoms with E-state index in [1.807, 2.05) is 51.1 Å². The minimum absolute atomic E-state index is 0.101. The first-order valence-corrected chi connectivity index (χ1v) is 7.37. The van der Waals surface area contributed by atoms with Crippen LogP contribution in [-0.4, -0.2) is 36.9 Å². The Morgan fingerprint density at radius 3 is 2.67 bits per heavy atom. The van der Waals surface area contributed by atoms with Crippen molar-refractivity contribution in [3.63, 3.8) is 0 Å². The average molecular weight is 292 g/mol. The summed E-state index contributed by atoms with van der Waals surface area (Å²) in [7, 11) is 0. The van der Waals surface area contributed by atoms with Crippen LogP contribution >= 0.6 is 0 Å². The Hall–Kier alpha value is -1.75. The molecule has 1 aliphatic heterocycles. The Bertz CT molecular complexity index is 458. The third kappa shape index (κ3) is 4.63. The van der Waals surface area contributed by atoms with Gasteiger partial charge in [0.15, 0.2) is 0 Å². The van der Waals surface area contributed by atoms with Crippen molar-refractivity contribution < 1.29 is 14.3 Å². The van der Waals surface area contributed by atoms with Gasteiger partial charge in [-0.1, -0.05) is 18.2 Å². The van der Waals surface area contributed by atoms with Crippen LogP contribution in [0.3, 0.4) is 0 Å². The number of amides is 2. The van der Waals surface area contributed by atoms with Crippen molar-refractivity contribution in [3.05, 3.63) is 30.3 Å². The summed E-state index contributed by atoms with van der Waals surface area (Å²) in [5.74, 6) is 0.801. The fourth-order valence-electron chi connectivity index (χ4n) is 2.22. The second kappa shape index (κ2) is 6.80. The van der Waals surface area contributed by atoms with E-state index < -0.39 is 0 Å². The molecule has 1 saturated heterocycles. The van der Waals surface area contributed by atoms with E-state index in [1.54, 1.807) is 0 Å². The largest absolute Gasteiger partial charge is 0.489 e. The lowest BCUT2D eigenvalue weighted by molar-refractivity contribution is 0.161. The number of ether oxygens (including phenoxy) is 2. The van der Waals surface area contributed by atoms with Gasteiger partial charge >= 0.3 is 6.03 Å². The number of benzene rings is 1. The van der Waals surface area contributed by atoms with Gasteiger partial charge in [-0.2, -0.15) is 0 Å². The van der Waals surface area contributed by atoms with Crippen molar-refractivity contribution in [2.24, 2.45) is 0 Å². The molecule has 2 amide bonds. The van der Waals surface area contributed by atoms with E-state index in [-0.39, 0.29) is 23.7 Å². The lowest BCUT2D eigenvalue weighted by atomic mass is 10.0. The van der Waals surface area contributed by atoms with E-state index in [0.717, 1.165) is 12.2 Å². The van der Waals surface area contributed by atoms with Gasteiger partial charge < -0.3 is 20.1 Å². The number of para-hydroxylation sites is 1. The summed E-state index contributed by atoms with van der Waals surface area (Å²) in [6, 6.07) is 9.31. The van der Waals surface area contributed by atoms with Gasteiger partial charge in [0.2, 0.25) is 0 Å². The number of nitrogens with one attached hydrogen (secondary N) is 2. The molecule has 1 aromatic carbocycles. The van der Waals surface area contributed by atoms with Gasteiger partial charge in [-0.15, -0.1) is 0 Å². The number of rotatable bonds is 5. The molecule has 1 heterocycles. The van der Waals surface area contributed by atoms with E-state index in [4.69, 9.17) is 9.47 Å². The van der Waals surface area contributed by atoms with E-state index in [1.165, 1.54) is 0 Å². The first-order valence-electron chi connectivity index (χ1n) is 7.37. The summed E-state index contributed by atoms with van der Waals surface area (Å²) < 4.78 is 11.1. The summed E-state index contributed by atoms with van der Waals surface area (Å²) >= 11 is 0. The number of hydrogen-bond acceptors (Lipinski definition) is 3. The van der Waals surface area contributed by atoms with Crippen LogP contribution in [0.5, 0.6) is 5.75 Å². The molecule has 1 aliphatic rings. The van der Waals surface area contributed by atoms with Gasteiger partial charge in [-0.05, 0) is 39.3 Å². The van der Waals surface area contributed by atoms with Crippen molar-refractivity contribution in [1.29, 1.82) is 0 Å². The van der Waals surface area contributed by atoms with E-state index >= 15 is 0 Å². The van der Waals surface area contributed by atoms with E-state index in [2.05, 4.69) is 10.6 Å². The first kappa shape index (κ1) is 15.6. The second-order valence-corrected chi connectivity index (χ2v) is 5.89. The van der Waals surface area contributed by atoms with Gasteiger partial charge in [0.1, 0.15) is 11.9 Å². The molecule has 0 bridgehead atoms. The highest BCUT2D eigenvalue weighted by atomic mass is 16.5. The highest BCUT2D eigenvalue weighted by Gasteiger charge is 2.31. The zero-order valence-electron chi connectivity index (χ0n) is 12.9. The molecule has 0 aromatic heterocycles. The van der Waals surface area contributed by atoms with Gasteiger partial charge in [0, 0.05) is 6.61 Å². The van der Waals surface area contributed by atoms with Crippen LogP contribution in [0.1, 0.15) is 27.2 Å². The van der Waals surface area contributed by atoms with Crippen molar-refractivity contribution in [1.82, 2.24) is 10.6 Å². The molecule has 5 nitrogen and oxygen atoms in total.